The fourth-order valence-electron chi connectivity index (χ4n) is 7.16. The molecule has 0 saturated carbocycles. The number of allylic oxidation sites excluding steroid dienone is 4. The molecular formula is C47H91NO4. The molecule has 0 aliphatic heterocycles. The van der Waals surface area contributed by atoms with Crippen molar-refractivity contribution in [3.8, 4) is 0 Å². The smallest absolute Gasteiger partial charge is 0.220 e. The van der Waals surface area contributed by atoms with E-state index in [0.29, 0.717) is 12.8 Å². The van der Waals surface area contributed by atoms with E-state index in [1.54, 1.807) is 0 Å². The van der Waals surface area contributed by atoms with Crippen LogP contribution in [-0.2, 0) is 4.79 Å². The first-order valence-corrected chi connectivity index (χ1v) is 23.1. The Morgan fingerprint density at radius 1 is 0.462 bits per heavy atom. The summed E-state index contributed by atoms with van der Waals surface area (Å²) in [6.45, 7) is 4.12. The molecule has 0 aliphatic carbocycles. The van der Waals surface area contributed by atoms with Crippen LogP contribution >= 0.6 is 0 Å². The molecule has 52 heavy (non-hydrogen) atoms. The highest BCUT2D eigenvalue weighted by atomic mass is 16.3. The molecule has 0 aromatic heterocycles. The van der Waals surface area contributed by atoms with Gasteiger partial charge in [0, 0.05) is 6.42 Å². The lowest BCUT2D eigenvalue weighted by Crippen LogP contribution is -2.50. The minimum absolute atomic E-state index is 0.155. The van der Waals surface area contributed by atoms with Gasteiger partial charge in [0.15, 0.2) is 0 Å². The van der Waals surface area contributed by atoms with Crippen molar-refractivity contribution >= 4 is 5.91 Å². The van der Waals surface area contributed by atoms with E-state index in [1.165, 1.54) is 180 Å². The van der Waals surface area contributed by atoms with Crippen LogP contribution in [0, 0.1) is 0 Å². The van der Waals surface area contributed by atoms with Crippen molar-refractivity contribution in [2.75, 3.05) is 6.61 Å². The summed E-state index contributed by atoms with van der Waals surface area (Å²) in [5, 5.41) is 33.3. The second-order valence-electron chi connectivity index (χ2n) is 16.0. The SMILES string of the molecule is CCCCC/C=C/CCCC(O)C(O)C(CO)NC(=O)CCCCCCCCCCCCCCCC/C=C\CCCCCCCCCCCCCC. The van der Waals surface area contributed by atoms with Gasteiger partial charge >= 0.3 is 0 Å². The molecule has 0 fully saturated rings. The van der Waals surface area contributed by atoms with Crippen molar-refractivity contribution in [3.63, 3.8) is 0 Å². The Kier molecular flexibility index (Phi) is 41.6. The minimum Gasteiger partial charge on any atom is -0.394 e. The third-order valence-corrected chi connectivity index (χ3v) is 10.8. The van der Waals surface area contributed by atoms with Gasteiger partial charge in [0.05, 0.1) is 18.8 Å². The first-order valence-electron chi connectivity index (χ1n) is 23.1. The first kappa shape index (κ1) is 50.8. The van der Waals surface area contributed by atoms with E-state index in [2.05, 4.69) is 43.5 Å². The molecule has 5 heteroatoms. The number of nitrogens with one attached hydrogen (secondary N) is 1. The molecule has 0 radical (unpaired) electrons. The molecular weight excluding hydrogens is 643 g/mol. The summed E-state index contributed by atoms with van der Waals surface area (Å²) in [6.07, 6.45) is 51.9. The molecule has 0 rings (SSSR count). The number of carbonyl (C=O) groups excluding carboxylic acids is 1. The second kappa shape index (κ2) is 42.6. The highest BCUT2D eigenvalue weighted by Gasteiger charge is 2.26. The zero-order valence-corrected chi connectivity index (χ0v) is 35.0. The van der Waals surface area contributed by atoms with Gasteiger partial charge in [-0.05, 0) is 64.2 Å². The number of rotatable bonds is 42. The Hall–Kier alpha value is -1.17. The summed E-state index contributed by atoms with van der Waals surface area (Å²) in [5.74, 6) is -0.155. The standard InChI is InChI=1S/C47H91NO4/c1-3-5-7-9-11-13-14-15-16-17-18-19-20-21-22-23-24-25-26-27-28-29-30-31-32-33-34-36-38-40-42-46(51)48-44(43-49)47(52)45(50)41-39-37-35-12-10-8-6-4-2/h12,21-22,35,44-45,47,49-50,52H,3-11,13-20,23-34,36-43H2,1-2H3,(H,48,51)/b22-21-,35-12+. The van der Waals surface area contributed by atoms with Crippen LogP contribution in [-0.4, -0.2) is 46.1 Å². The van der Waals surface area contributed by atoms with Gasteiger partial charge in [-0.15, -0.1) is 0 Å². The molecule has 0 aromatic carbocycles. The highest BCUT2D eigenvalue weighted by molar-refractivity contribution is 5.76. The molecule has 0 bridgehead atoms. The molecule has 4 N–H and O–H groups in total. The first-order chi connectivity index (χ1) is 25.6. The fourth-order valence-corrected chi connectivity index (χ4v) is 7.16. The zero-order chi connectivity index (χ0) is 38.0. The van der Waals surface area contributed by atoms with Crippen LogP contribution in [0.4, 0.5) is 0 Å². The number of carbonyl (C=O) groups is 1. The Labute approximate surface area is 324 Å². The third kappa shape index (κ3) is 37.2. The number of unbranched alkanes of at least 4 members (excludes halogenated alkanes) is 30. The maximum Gasteiger partial charge on any atom is 0.220 e. The van der Waals surface area contributed by atoms with Crippen molar-refractivity contribution in [1.82, 2.24) is 5.32 Å². The Morgan fingerprint density at radius 3 is 1.15 bits per heavy atom. The summed E-state index contributed by atoms with van der Waals surface area (Å²) in [4.78, 5) is 12.4. The van der Waals surface area contributed by atoms with Gasteiger partial charge in [-0.2, -0.15) is 0 Å². The predicted octanol–water partition coefficient (Wildman–Crippen LogP) is 13.4. The average molecular weight is 734 g/mol. The van der Waals surface area contributed by atoms with Crippen LogP contribution in [0.15, 0.2) is 24.3 Å². The molecule has 5 nitrogen and oxygen atoms in total. The average Bonchev–Trinajstić information content (AvgIpc) is 3.15. The van der Waals surface area contributed by atoms with Crippen LogP contribution in [0.1, 0.15) is 245 Å². The van der Waals surface area contributed by atoms with Crippen LogP contribution in [0.3, 0.4) is 0 Å². The minimum atomic E-state index is -1.15. The lowest BCUT2D eigenvalue weighted by Gasteiger charge is -2.26. The number of hydrogen-bond acceptors (Lipinski definition) is 4. The van der Waals surface area contributed by atoms with Crippen LogP contribution < -0.4 is 5.32 Å². The molecule has 0 aromatic rings. The van der Waals surface area contributed by atoms with E-state index in [-0.39, 0.29) is 12.5 Å². The lowest BCUT2D eigenvalue weighted by molar-refractivity contribution is -0.124. The van der Waals surface area contributed by atoms with Gasteiger partial charge in [0.2, 0.25) is 5.91 Å². The molecule has 0 spiro atoms. The maximum atomic E-state index is 12.4. The largest absolute Gasteiger partial charge is 0.394 e. The molecule has 1 amide bonds. The lowest BCUT2D eigenvalue weighted by atomic mass is 10.0. The Bertz CT molecular complexity index is 768. The Morgan fingerprint density at radius 2 is 0.769 bits per heavy atom. The summed E-state index contributed by atoms with van der Waals surface area (Å²) in [7, 11) is 0. The molecule has 0 aliphatic rings. The normalized spacial score (nSPS) is 13.7. The van der Waals surface area contributed by atoms with E-state index < -0.39 is 18.2 Å². The van der Waals surface area contributed by atoms with E-state index in [9.17, 15) is 20.1 Å². The molecule has 0 heterocycles. The summed E-state index contributed by atoms with van der Waals surface area (Å²) in [5.41, 5.74) is 0. The topological polar surface area (TPSA) is 89.8 Å². The number of amides is 1. The fraction of sp³-hybridized carbons (Fsp3) is 0.894. The Balaban J connectivity index is 3.47. The molecule has 3 atom stereocenters. The molecule has 3 unspecified atom stereocenters. The van der Waals surface area contributed by atoms with Crippen molar-refractivity contribution in [1.29, 1.82) is 0 Å². The van der Waals surface area contributed by atoms with Gasteiger partial charge in [-0.25, -0.2) is 0 Å². The third-order valence-electron chi connectivity index (χ3n) is 10.8. The van der Waals surface area contributed by atoms with E-state index >= 15 is 0 Å². The number of aliphatic hydroxyl groups is 3. The van der Waals surface area contributed by atoms with Gasteiger partial charge in [-0.3, -0.25) is 4.79 Å². The van der Waals surface area contributed by atoms with E-state index in [0.717, 1.165) is 38.5 Å². The summed E-state index contributed by atoms with van der Waals surface area (Å²) in [6, 6.07) is -0.821. The van der Waals surface area contributed by atoms with Crippen molar-refractivity contribution in [2.45, 2.75) is 263 Å². The van der Waals surface area contributed by atoms with Gasteiger partial charge in [0.25, 0.3) is 0 Å². The predicted molar refractivity (Wildman–Crippen MR) is 227 cm³/mol. The van der Waals surface area contributed by atoms with Crippen molar-refractivity contribution in [3.05, 3.63) is 24.3 Å². The quantitative estimate of drug-likeness (QED) is 0.0371. The maximum absolute atomic E-state index is 12.4. The van der Waals surface area contributed by atoms with E-state index in [4.69, 9.17) is 0 Å². The summed E-state index contributed by atoms with van der Waals surface area (Å²) >= 11 is 0. The van der Waals surface area contributed by atoms with Crippen LogP contribution in [0.25, 0.3) is 0 Å². The summed E-state index contributed by atoms with van der Waals surface area (Å²) < 4.78 is 0. The van der Waals surface area contributed by atoms with E-state index in [1.807, 2.05) is 0 Å². The second-order valence-corrected chi connectivity index (χ2v) is 16.0. The number of hydrogen-bond donors (Lipinski definition) is 4. The molecule has 0 saturated heterocycles. The van der Waals surface area contributed by atoms with Gasteiger partial charge < -0.3 is 20.6 Å². The van der Waals surface area contributed by atoms with Crippen molar-refractivity contribution < 1.29 is 20.1 Å². The van der Waals surface area contributed by atoms with Crippen molar-refractivity contribution in [2.24, 2.45) is 0 Å². The number of aliphatic hydroxyl groups excluding tert-OH is 3. The van der Waals surface area contributed by atoms with Crippen LogP contribution in [0.2, 0.25) is 0 Å². The molecule has 308 valence electrons. The van der Waals surface area contributed by atoms with Gasteiger partial charge in [-0.1, -0.05) is 199 Å². The zero-order valence-electron chi connectivity index (χ0n) is 35.0. The van der Waals surface area contributed by atoms with Gasteiger partial charge in [0.1, 0.15) is 6.10 Å². The highest BCUT2D eigenvalue weighted by Crippen LogP contribution is 2.16. The monoisotopic (exact) mass is 734 g/mol. The van der Waals surface area contributed by atoms with Crippen LogP contribution in [0.5, 0.6) is 0 Å².